The summed E-state index contributed by atoms with van der Waals surface area (Å²) >= 11 is 5.76. The van der Waals surface area contributed by atoms with Gasteiger partial charge in [-0.2, -0.15) is 10.1 Å². The van der Waals surface area contributed by atoms with Gasteiger partial charge >= 0.3 is 5.97 Å². The molecule has 0 fully saturated rings. The number of hydrogen-bond donors (Lipinski definition) is 2. The van der Waals surface area contributed by atoms with Crippen molar-refractivity contribution < 1.29 is 13.9 Å². The first-order valence-electron chi connectivity index (χ1n) is 8.02. The van der Waals surface area contributed by atoms with Gasteiger partial charge in [-0.15, -0.1) is 5.10 Å². The van der Waals surface area contributed by atoms with Gasteiger partial charge in [-0.1, -0.05) is 23.7 Å². The lowest BCUT2D eigenvalue weighted by molar-refractivity contribution is 0.0527. The minimum Gasteiger partial charge on any atom is -0.462 e. The van der Waals surface area contributed by atoms with Gasteiger partial charge in [-0.25, -0.2) is 9.18 Å². The Balaban J connectivity index is 1.80. The first-order chi connectivity index (χ1) is 13.1. The van der Waals surface area contributed by atoms with Crippen molar-refractivity contribution in [3.05, 3.63) is 65.1 Å². The first kappa shape index (κ1) is 18.5. The van der Waals surface area contributed by atoms with E-state index >= 15 is 0 Å². The second-order valence-corrected chi connectivity index (χ2v) is 5.72. The van der Waals surface area contributed by atoms with Crippen LogP contribution in [-0.2, 0) is 4.74 Å². The van der Waals surface area contributed by atoms with Gasteiger partial charge in [0.15, 0.2) is 5.82 Å². The molecule has 0 aliphatic heterocycles. The van der Waals surface area contributed by atoms with Gasteiger partial charge in [0.2, 0.25) is 5.95 Å². The lowest BCUT2D eigenvalue weighted by Crippen LogP contribution is -2.09. The van der Waals surface area contributed by atoms with E-state index in [-0.39, 0.29) is 17.6 Å². The molecule has 2 N–H and O–H groups in total. The number of halogens is 2. The Labute approximate surface area is 159 Å². The highest BCUT2D eigenvalue weighted by Gasteiger charge is 2.13. The molecule has 0 aliphatic rings. The van der Waals surface area contributed by atoms with Crippen LogP contribution in [0.2, 0.25) is 5.02 Å². The van der Waals surface area contributed by atoms with E-state index in [1.54, 1.807) is 31.2 Å². The third-order valence-corrected chi connectivity index (χ3v) is 3.71. The Morgan fingerprint density at radius 2 is 2.04 bits per heavy atom. The third-order valence-electron chi connectivity index (χ3n) is 3.42. The number of aromatic nitrogens is 3. The van der Waals surface area contributed by atoms with Gasteiger partial charge in [0.25, 0.3) is 0 Å². The largest absolute Gasteiger partial charge is 0.462 e. The van der Waals surface area contributed by atoms with Crippen molar-refractivity contribution in [2.45, 2.75) is 6.92 Å². The Kier molecular flexibility index (Phi) is 5.77. The highest BCUT2D eigenvalue weighted by atomic mass is 35.5. The summed E-state index contributed by atoms with van der Waals surface area (Å²) in [5, 5.41) is 13.6. The van der Waals surface area contributed by atoms with Crippen molar-refractivity contribution in [2.24, 2.45) is 0 Å². The standard InChI is InChI=1S/C18H15ClFN5O2/c1-2-27-17(26)12-5-3-4-6-15(12)23-16-10-21-25-18(24-16)22-11-7-8-14(20)13(19)9-11/h3-10H,2H2,1H3,(H2,22,23,24,25). The summed E-state index contributed by atoms with van der Waals surface area (Å²) in [6.07, 6.45) is 1.41. The summed E-state index contributed by atoms with van der Waals surface area (Å²) in [5.74, 6) is -0.428. The fourth-order valence-electron chi connectivity index (χ4n) is 2.24. The molecule has 0 atom stereocenters. The van der Waals surface area contributed by atoms with E-state index in [1.807, 2.05) is 0 Å². The summed E-state index contributed by atoms with van der Waals surface area (Å²) in [5.41, 5.74) is 1.40. The summed E-state index contributed by atoms with van der Waals surface area (Å²) in [4.78, 5) is 16.3. The Morgan fingerprint density at radius 1 is 1.22 bits per heavy atom. The molecule has 0 saturated heterocycles. The maximum Gasteiger partial charge on any atom is 0.340 e. The Hall–Kier alpha value is -3.26. The van der Waals surface area contributed by atoms with Crippen LogP contribution < -0.4 is 10.6 Å². The van der Waals surface area contributed by atoms with E-state index in [0.717, 1.165) is 0 Å². The molecular formula is C18H15ClFN5O2. The number of carbonyl (C=O) groups excluding carboxylic acids is 1. The van der Waals surface area contributed by atoms with Gasteiger partial charge in [-0.05, 0) is 37.3 Å². The van der Waals surface area contributed by atoms with Gasteiger partial charge < -0.3 is 15.4 Å². The zero-order valence-electron chi connectivity index (χ0n) is 14.2. The number of ether oxygens (including phenoxy) is 1. The zero-order chi connectivity index (χ0) is 19.2. The molecule has 1 aromatic heterocycles. The number of rotatable bonds is 6. The number of nitrogens with one attached hydrogen (secondary N) is 2. The van der Waals surface area contributed by atoms with Crippen molar-refractivity contribution in [1.82, 2.24) is 15.2 Å². The molecule has 0 saturated carbocycles. The molecule has 0 aliphatic carbocycles. The number of anilines is 4. The van der Waals surface area contributed by atoms with Crippen molar-refractivity contribution in [2.75, 3.05) is 17.2 Å². The van der Waals surface area contributed by atoms with E-state index in [1.165, 1.54) is 24.4 Å². The first-order valence-corrected chi connectivity index (χ1v) is 8.39. The molecule has 138 valence electrons. The average Bonchev–Trinajstić information content (AvgIpc) is 2.66. The van der Waals surface area contributed by atoms with Crippen LogP contribution in [0.15, 0.2) is 48.7 Å². The van der Waals surface area contributed by atoms with Crippen LogP contribution in [0.25, 0.3) is 0 Å². The minimum absolute atomic E-state index is 0.0226. The van der Waals surface area contributed by atoms with Gasteiger partial charge in [0.1, 0.15) is 5.82 Å². The van der Waals surface area contributed by atoms with E-state index in [4.69, 9.17) is 16.3 Å². The predicted octanol–water partition coefficient (Wildman–Crippen LogP) is 4.33. The summed E-state index contributed by atoms with van der Waals surface area (Å²) in [7, 11) is 0. The summed E-state index contributed by atoms with van der Waals surface area (Å²) in [6, 6.07) is 11.0. The molecule has 1 heterocycles. The summed E-state index contributed by atoms with van der Waals surface area (Å²) in [6.45, 7) is 2.01. The maximum atomic E-state index is 13.3. The lowest BCUT2D eigenvalue weighted by Gasteiger charge is -2.11. The fraction of sp³-hybridized carbons (Fsp3) is 0.111. The van der Waals surface area contributed by atoms with Crippen LogP contribution in [0.5, 0.6) is 0 Å². The Bertz CT molecular complexity index is 970. The van der Waals surface area contributed by atoms with Crippen LogP contribution in [0.1, 0.15) is 17.3 Å². The lowest BCUT2D eigenvalue weighted by atomic mass is 10.2. The molecule has 0 amide bonds. The van der Waals surface area contributed by atoms with Crippen LogP contribution in [0.4, 0.5) is 27.5 Å². The van der Waals surface area contributed by atoms with Crippen LogP contribution in [0.3, 0.4) is 0 Å². The topological polar surface area (TPSA) is 89.0 Å². The minimum atomic E-state index is -0.521. The van der Waals surface area contributed by atoms with Crippen molar-refractivity contribution in [1.29, 1.82) is 0 Å². The molecule has 3 rings (SSSR count). The Morgan fingerprint density at radius 3 is 2.81 bits per heavy atom. The highest BCUT2D eigenvalue weighted by molar-refractivity contribution is 6.31. The number of para-hydroxylation sites is 1. The van der Waals surface area contributed by atoms with Crippen LogP contribution in [-0.4, -0.2) is 27.8 Å². The highest BCUT2D eigenvalue weighted by Crippen LogP contribution is 2.23. The van der Waals surface area contributed by atoms with E-state index in [0.29, 0.717) is 22.8 Å². The molecular weight excluding hydrogens is 373 g/mol. The van der Waals surface area contributed by atoms with Crippen LogP contribution >= 0.6 is 11.6 Å². The van der Waals surface area contributed by atoms with Gasteiger partial charge in [0.05, 0.1) is 29.1 Å². The van der Waals surface area contributed by atoms with Crippen molar-refractivity contribution in [3.8, 4) is 0 Å². The monoisotopic (exact) mass is 387 g/mol. The SMILES string of the molecule is CCOC(=O)c1ccccc1Nc1cnnc(Nc2ccc(F)c(Cl)c2)n1. The van der Waals surface area contributed by atoms with Gasteiger partial charge in [-0.3, -0.25) is 0 Å². The number of hydrogen-bond acceptors (Lipinski definition) is 7. The second-order valence-electron chi connectivity index (χ2n) is 5.31. The smallest absolute Gasteiger partial charge is 0.340 e. The van der Waals surface area contributed by atoms with E-state index < -0.39 is 11.8 Å². The zero-order valence-corrected chi connectivity index (χ0v) is 15.0. The van der Waals surface area contributed by atoms with Crippen molar-refractivity contribution >= 4 is 40.7 Å². The molecule has 3 aromatic rings. The second kappa shape index (κ2) is 8.41. The number of esters is 1. The molecule has 9 heteroatoms. The fourth-order valence-corrected chi connectivity index (χ4v) is 2.42. The normalized spacial score (nSPS) is 10.3. The predicted molar refractivity (Wildman–Crippen MR) is 100 cm³/mol. The molecule has 0 bridgehead atoms. The maximum absolute atomic E-state index is 13.3. The molecule has 27 heavy (non-hydrogen) atoms. The van der Waals surface area contributed by atoms with Crippen LogP contribution in [0, 0.1) is 5.82 Å². The molecule has 7 nitrogen and oxygen atoms in total. The van der Waals surface area contributed by atoms with Crippen molar-refractivity contribution in [3.63, 3.8) is 0 Å². The average molecular weight is 388 g/mol. The molecule has 0 radical (unpaired) electrons. The molecule has 0 spiro atoms. The number of nitrogens with zero attached hydrogens (tertiary/aromatic N) is 3. The van der Waals surface area contributed by atoms with Gasteiger partial charge in [0, 0.05) is 5.69 Å². The number of carbonyl (C=O) groups is 1. The van der Waals surface area contributed by atoms with E-state index in [2.05, 4.69) is 25.8 Å². The molecule has 0 unspecified atom stereocenters. The quantitative estimate of drug-likeness (QED) is 0.608. The summed E-state index contributed by atoms with van der Waals surface area (Å²) < 4.78 is 18.3. The third kappa shape index (κ3) is 4.68. The number of benzene rings is 2. The molecule has 2 aromatic carbocycles. The van der Waals surface area contributed by atoms with E-state index in [9.17, 15) is 9.18 Å².